The second-order valence-electron chi connectivity index (χ2n) is 5.68. The summed E-state index contributed by atoms with van der Waals surface area (Å²) in [5.41, 5.74) is -2.32. The van der Waals surface area contributed by atoms with Gasteiger partial charge in [0.05, 0.1) is 24.7 Å². The van der Waals surface area contributed by atoms with E-state index in [1.165, 1.54) is 36.4 Å². The molecule has 4 nitrogen and oxygen atoms in total. The summed E-state index contributed by atoms with van der Waals surface area (Å²) < 4.78 is 50.4. The van der Waals surface area contributed by atoms with Gasteiger partial charge in [0.1, 0.15) is 5.58 Å². The molecule has 0 aliphatic rings. The molecule has 2 aromatic carbocycles. The molecular weight excluding hydrogens is 385 g/mol. The van der Waals surface area contributed by atoms with E-state index in [1.54, 1.807) is 0 Å². The lowest BCUT2D eigenvalue weighted by Crippen LogP contribution is -2.17. The molecule has 0 N–H and O–H groups in total. The van der Waals surface area contributed by atoms with Gasteiger partial charge in [-0.3, -0.25) is 4.79 Å². The van der Waals surface area contributed by atoms with E-state index < -0.39 is 29.8 Å². The van der Waals surface area contributed by atoms with Crippen LogP contribution in [0.4, 0.5) is 13.2 Å². The fourth-order valence-corrected chi connectivity index (χ4v) is 3.02. The lowest BCUT2D eigenvalue weighted by Gasteiger charge is -2.17. The Morgan fingerprint density at radius 2 is 1.89 bits per heavy atom. The van der Waals surface area contributed by atoms with Gasteiger partial charge in [0.15, 0.2) is 0 Å². The van der Waals surface area contributed by atoms with Crippen LogP contribution in [-0.4, -0.2) is 13.1 Å². The van der Waals surface area contributed by atoms with Gasteiger partial charge in [-0.2, -0.15) is 13.2 Å². The topological polar surface area (TPSA) is 56.5 Å². The molecule has 27 heavy (non-hydrogen) atoms. The molecule has 3 rings (SSSR count). The van der Waals surface area contributed by atoms with Gasteiger partial charge >= 0.3 is 17.8 Å². The van der Waals surface area contributed by atoms with Crippen LogP contribution in [0.2, 0.25) is 5.02 Å². The molecule has 0 amide bonds. The van der Waals surface area contributed by atoms with Crippen LogP contribution >= 0.6 is 11.6 Å². The molecule has 0 bridgehead atoms. The van der Waals surface area contributed by atoms with Crippen molar-refractivity contribution in [3.63, 3.8) is 0 Å². The van der Waals surface area contributed by atoms with Crippen LogP contribution < -0.4 is 5.63 Å². The van der Waals surface area contributed by atoms with E-state index in [9.17, 15) is 22.8 Å². The maximum absolute atomic E-state index is 13.6. The molecular formula is C19H12ClF3O4. The number of benzene rings is 2. The first kappa shape index (κ1) is 19.0. The van der Waals surface area contributed by atoms with Crippen molar-refractivity contribution in [1.82, 2.24) is 0 Å². The second-order valence-corrected chi connectivity index (χ2v) is 6.12. The molecule has 0 saturated carbocycles. The van der Waals surface area contributed by atoms with E-state index in [-0.39, 0.29) is 32.7 Å². The Kier molecular flexibility index (Phi) is 4.97. The van der Waals surface area contributed by atoms with Crippen molar-refractivity contribution in [2.24, 2.45) is 0 Å². The van der Waals surface area contributed by atoms with E-state index >= 15 is 0 Å². The quantitative estimate of drug-likeness (QED) is 0.469. The highest BCUT2D eigenvalue weighted by Crippen LogP contribution is 2.40. The smallest absolute Gasteiger partial charge is 0.417 e. The standard InChI is InChI=1S/C19H12ClF3O4/c1-26-16(24)9-13-17(11-4-2-3-5-14(11)19(21,22)23)12-8-10(20)6-7-15(12)27-18(13)25/h2-8H,9H2,1H3. The number of hydrogen-bond acceptors (Lipinski definition) is 4. The zero-order valence-electron chi connectivity index (χ0n) is 13.9. The fourth-order valence-electron chi connectivity index (χ4n) is 2.85. The molecule has 0 aliphatic heterocycles. The number of carbonyl (C=O) groups is 1. The number of carbonyl (C=O) groups excluding carboxylic acids is 1. The number of esters is 1. The molecule has 0 fully saturated rings. The van der Waals surface area contributed by atoms with Gasteiger partial charge in [0.25, 0.3) is 0 Å². The Balaban J connectivity index is 2.47. The van der Waals surface area contributed by atoms with Crippen LogP contribution in [0.3, 0.4) is 0 Å². The number of ether oxygens (including phenoxy) is 1. The summed E-state index contributed by atoms with van der Waals surface area (Å²) in [6, 6.07) is 9.03. The molecule has 0 unspecified atom stereocenters. The number of rotatable bonds is 3. The number of halogens is 4. The second kappa shape index (κ2) is 7.08. The Hall–Kier alpha value is -2.80. The van der Waals surface area contributed by atoms with Crippen molar-refractivity contribution in [1.29, 1.82) is 0 Å². The maximum atomic E-state index is 13.6. The zero-order valence-corrected chi connectivity index (χ0v) is 14.6. The van der Waals surface area contributed by atoms with Gasteiger partial charge < -0.3 is 9.15 Å². The molecule has 0 spiro atoms. The van der Waals surface area contributed by atoms with Gasteiger partial charge in [0.2, 0.25) is 0 Å². The van der Waals surface area contributed by atoms with Gasteiger partial charge in [-0.05, 0) is 29.8 Å². The first-order chi connectivity index (χ1) is 12.7. The third kappa shape index (κ3) is 3.68. The van der Waals surface area contributed by atoms with Gasteiger partial charge in [0, 0.05) is 16.0 Å². The van der Waals surface area contributed by atoms with Crippen molar-refractivity contribution in [2.45, 2.75) is 12.6 Å². The number of hydrogen-bond donors (Lipinski definition) is 0. The molecule has 0 atom stereocenters. The summed E-state index contributed by atoms with van der Waals surface area (Å²) in [6.45, 7) is 0. The van der Waals surface area contributed by atoms with Crippen LogP contribution in [0.1, 0.15) is 11.1 Å². The highest BCUT2D eigenvalue weighted by Gasteiger charge is 2.35. The Bertz CT molecular complexity index is 1090. The van der Waals surface area contributed by atoms with Gasteiger partial charge in [-0.1, -0.05) is 29.8 Å². The SMILES string of the molecule is COC(=O)Cc1c(-c2ccccc2C(F)(F)F)c2cc(Cl)ccc2oc1=O. The minimum Gasteiger partial charge on any atom is -0.469 e. The predicted molar refractivity (Wildman–Crippen MR) is 93.7 cm³/mol. The van der Waals surface area contributed by atoms with E-state index in [0.29, 0.717) is 0 Å². The molecule has 0 saturated heterocycles. The number of fused-ring (bicyclic) bond motifs is 1. The van der Waals surface area contributed by atoms with E-state index in [0.717, 1.165) is 13.2 Å². The van der Waals surface area contributed by atoms with Crippen molar-refractivity contribution in [3.05, 3.63) is 69.0 Å². The maximum Gasteiger partial charge on any atom is 0.417 e. The van der Waals surface area contributed by atoms with Crippen molar-refractivity contribution >= 4 is 28.5 Å². The predicted octanol–water partition coefficient (Wildman–Crippen LogP) is 4.85. The summed E-state index contributed by atoms with van der Waals surface area (Å²) in [5, 5.41) is 0.434. The average Bonchev–Trinajstić information content (AvgIpc) is 2.62. The monoisotopic (exact) mass is 396 g/mol. The third-order valence-corrected chi connectivity index (χ3v) is 4.25. The van der Waals surface area contributed by atoms with E-state index in [2.05, 4.69) is 4.74 Å². The molecule has 1 heterocycles. The van der Waals surface area contributed by atoms with E-state index in [1.807, 2.05) is 0 Å². The van der Waals surface area contributed by atoms with Gasteiger partial charge in [-0.25, -0.2) is 4.79 Å². The Morgan fingerprint density at radius 3 is 2.56 bits per heavy atom. The molecule has 8 heteroatoms. The lowest BCUT2D eigenvalue weighted by atomic mass is 9.92. The van der Waals surface area contributed by atoms with E-state index in [4.69, 9.17) is 16.0 Å². The molecule has 140 valence electrons. The van der Waals surface area contributed by atoms with Gasteiger partial charge in [-0.15, -0.1) is 0 Å². The van der Waals surface area contributed by atoms with Crippen LogP contribution in [0, 0.1) is 0 Å². The van der Waals surface area contributed by atoms with Crippen LogP contribution in [0.15, 0.2) is 51.7 Å². The van der Waals surface area contributed by atoms with Crippen molar-refractivity contribution in [2.75, 3.05) is 7.11 Å². The molecule has 0 radical (unpaired) electrons. The summed E-state index contributed by atoms with van der Waals surface area (Å²) >= 11 is 6.00. The van der Waals surface area contributed by atoms with Crippen LogP contribution in [-0.2, 0) is 22.1 Å². The summed E-state index contributed by atoms with van der Waals surface area (Å²) in [5.74, 6) is -0.783. The minimum atomic E-state index is -4.67. The zero-order chi connectivity index (χ0) is 19.8. The summed E-state index contributed by atoms with van der Waals surface area (Å²) in [7, 11) is 1.12. The average molecular weight is 397 g/mol. The normalized spacial score (nSPS) is 11.6. The Morgan fingerprint density at radius 1 is 1.19 bits per heavy atom. The highest BCUT2D eigenvalue weighted by molar-refractivity contribution is 6.31. The minimum absolute atomic E-state index is 0.0536. The number of alkyl halides is 3. The Labute approximate surface area is 156 Å². The summed E-state index contributed by atoms with van der Waals surface area (Å²) in [4.78, 5) is 24.2. The molecule has 0 aliphatic carbocycles. The first-order valence-corrected chi connectivity index (χ1v) is 8.09. The number of methoxy groups -OCH3 is 1. The summed E-state index contributed by atoms with van der Waals surface area (Å²) in [6.07, 6.45) is -5.21. The highest BCUT2D eigenvalue weighted by atomic mass is 35.5. The molecule has 3 aromatic rings. The largest absolute Gasteiger partial charge is 0.469 e. The van der Waals surface area contributed by atoms with Crippen LogP contribution in [0.5, 0.6) is 0 Å². The lowest BCUT2D eigenvalue weighted by molar-refractivity contribution is -0.139. The fraction of sp³-hybridized carbons (Fsp3) is 0.158. The molecule has 1 aromatic heterocycles. The third-order valence-electron chi connectivity index (χ3n) is 4.01. The first-order valence-electron chi connectivity index (χ1n) is 7.71. The van der Waals surface area contributed by atoms with Crippen LogP contribution in [0.25, 0.3) is 22.1 Å². The van der Waals surface area contributed by atoms with Crippen molar-refractivity contribution < 1.29 is 27.1 Å². The van der Waals surface area contributed by atoms with Crippen molar-refractivity contribution in [3.8, 4) is 11.1 Å².